The Hall–Kier alpha value is -2.42. The van der Waals surface area contributed by atoms with Crippen LogP contribution in [0.4, 0.5) is 4.39 Å². The van der Waals surface area contributed by atoms with E-state index in [2.05, 4.69) is 11.1 Å². The molecule has 0 bridgehead atoms. The van der Waals surface area contributed by atoms with Crippen LogP contribution < -0.4 is 0 Å². The highest BCUT2D eigenvalue weighted by molar-refractivity contribution is 5.92. The number of fused-ring (bicyclic) bond motifs is 1. The molecule has 1 N–H and O–H groups in total. The minimum Gasteiger partial charge on any atom is -0.478 e. The Kier molecular flexibility index (Phi) is 2.71. The first kappa shape index (κ1) is 12.6. The molecule has 0 saturated heterocycles. The summed E-state index contributed by atoms with van der Waals surface area (Å²) in [5, 5.41) is 17.8. The maximum atomic E-state index is 13.8. The largest absolute Gasteiger partial charge is 0.478 e. The van der Waals surface area contributed by atoms with E-state index in [1.165, 1.54) is 12.4 Å². The van der Waals surface area contributed by atoms with E-state index in [1.807, 2.05) is 0 Å². The third kappa shape index (κ3) is 2.01. The number of nitrogens with zero attached hydrogens (tertiary/aromatic N) is 3. The molecule has 5 nitrogen and oxygen atoms in total. The van der Waals surface area contributed by atoms with Crippen LogP contribution in [0.1, 0.15) is 29.6 Å². The number of aromatic carboxylic acids is 1. The van der Waals surface area contributed by atoms with Gasteiger partial charge in [0.2, 0.25) is 0 Å². The highest BCUT2D eigenvalue weighted by Crippen LogP contribution is 2.50. The van der Waals surface area contributed by atoms with E-state index in [4.69, 9.17) is 10.4 Å². The van der Waals surface area contributed by atoms with Gasteiger partial charge in [-0.25, -0.2) is 14.2 Å². The smallest absolute Gasteiger partial charge is 0.335 e. The van der Waals surface area contributed by atoms with Crippen molar-refractivity contribution in [3.8, 4) is 6.07 Å². The third-order valence-corrected chi connectivity index (χ3v) is 3.84. The van der Waals surface area contributed by atoms with Crippen LogP contribution in [-0.4, -0.2) is 20.6 Å². The van der Waals surface area contributed by atoms with Gasteiger partial charge in [0.05, 0.1) is 23.5 Å². The molecule has 102 valence electrons. The number of nitriles is 1. The average Bonchev–Trinajstić information content (AvgIpc) is 3.03. The third-order valence-electron chi connectivity index (χ3n) is 3.84. The predicted octanol–water partition coefficient (Wildman–Crippen LogP) is 2.57. The summed E-state index contributed by atoms with van der Waals surface area (Å²) in [5.74, 6) is -1.81. The number of rotatable bonds is 4. The number of aromatic nitrogens is 2. The van der Waals surface area contributed by atoms with Crippen molar-refractivity contribution in [3.05, 3.63) is 29.8 Å². The van der Waals surface area contributed by atoms with Crippen LogP contribution in [0.15, 0.2) is 18.5 Å². The number of hydrogen-bond acceptors (Lipinski definition) is 3. The SMILES string of the molecule is N#CCC1(Cn2cnc3c(F)cc(C(=O)O)cc32)CC1. The second-order valence-corrected chi connectivity index (χ2v) is 5.34. The van der Waals surface area contributed by atoms with Crippen molar-refractivity contribution in [2.45, 2.75) is 25.8 Å². The molecule has 1 heterocycles. The molecule has 0 radical (unpaired) electrons. The van der Waals surface area contributed by atoms with Crippen LogP contribution in [0.5, 0.6) is 0 Å². The summed E-state index contributed by atoms with van der Waals surface area (Å²) >= 11 is 0. The number of carboxylic acid groups (broad SMARTS) is 1. The zero-order valence-electron chi connectivity index (χ0n) is 10.6. The van der Waals surface area contributed by atoms with Crippen LogP contribution in [0.2, 0.25) is 0 Å². The fourth-order valence-electron chi connectivity index (χ4n) is 2.47. The van der Waals surface area contributed by atoms with E-state index in [9.17, 15) is 9.18 Å². The molecule has 1 fully saturated rings. The lowest BCUT2D eigenvalue weighted by molar-refractivity contribution is 0.0696. The molecule has 0 spiro atoms. The topological polar surface area (TPSA) is 78.9 Å². The average molecular weight is 273 g/mol. The van der Waals surface area contributed by atoms with Gasteiger partial charge in [0.25, 0.3) is 0 Å². The van der Waals surface area contributed by atoms with Gasteiger partial charge in [0, 0.05) is 18.4 Å². The maximum Gasteiger partial charge on any atom is 0.335 e. The fraction of sp³-hybridized carbons (Fsp3) is 0.357. The molecule has 3 rings (SSSR count). The fourth-order valence-corrected chi connectivity index (χ4v) is 2.47. The van der Waals surface area contributed by atoms with E-state index in [1.54, 1.807) is 4.57 Å². The van der Waals surface area contributed by atoms with Gasteiger partial charge in [-0.2, -0.15) is 5.26 Å². The van der Waals surface area contributed by atoms with Crippen LogP contribution in [0, 0.1) is 22.6 Å². The normalized spacial score (nSPS) is 16.0. The van der Waals surface area contributed by atoms with Crippen molar-refractivity contribution in [1.82, 2.24) is 9.55 Å². The van der Waals surface area contributed by atoms with E-state index in [-0.39, 0.29) is 16.5 Å². The molecule has 0 aliphatic heterocycles. The van der Waals surface area contributed by atoms with Gasteiger partial charge in [0.15, 0.2) is 5.82 Å². The Balaban J connectivity index is 2.04. The highest BCUT2D eigenvalue weighted by atomic mass is 19.1. The number of halogens is 1. The van der Waals surface area contributed by atoms with Crippen LogP contribution in [0.25, 0.3) is 11.0 Å². The van der Waals surface area contributed by atoms with Gasteiger partial charge in [-0.15, -0.1) is 0 Å². The molecule has 0 amide bonds. The van der Waals surface area contributed by atoms with E-state index in [0.717, 1.165) is 18.9 Å². The monoisotopic (exact) mass is 273 g/mol. The number of hydrogen-bond donors (Lipinski definition) is 1. The van der Waals surface area contributed by atoms with E-state index < -0.39 is 11.8 Å². The first-order chi connectivity index (χ1) is 9.54. The van der Waals surface area contributed by atoms with Crippen LogP contribution in [0.3, 0.4) is 0 Å². The van der Waals surface area contributed by atoms with Gasteiger partial charge in [-0.05, 0) is 25.0 Å². The Morgan fingerprint density at radius 3 is 2.90 bits per heavy atom. The second kappa shape index (κ2) is 4.30. The van der Waals surface area contributed by atoms with Crippen molar-refractivity contribution in [2.75, 3.05) is 0 Å². The lowest BCUT2D eigenvalue weighted by atomic mass is 10.0. The van der Waals surface area contributed by atoms with Crippen LogP contribution >= 0.6 is 0 Å². The Bertz CT molecular complexity index is 741. The molecule has 0 atom stereocenters. The Morgan fingerprint density at radius 1 is 1.55 bits per heavy atom. The lowest BCUT2D eigenvalue weighted by Crippen LogP contribution is -2.10. The summed E-state index contributed by atoms with van der Waals surface area (Å²) in [4.78, 5) is 15.0. The van der Waals surface area contributed by atoms with Gasteiger partial charge < -0.3 is 9.67 Å². The zero-order chi connectivity index (χ0) is 14.3. The van der Waals surface area contributed by atoms with Crippen molar-refractivity contribution in [2.24, 2.45) is 5.41 Å². The summed E-state index contributed by atoms with van der Waals surface area (Å²) in [6, 6.07) is 4.57. The molecule has 0 unspecified atom stereocenters. The van der Waals surface area contributed by atoms with Gasteiger partial charge in [0.1, 0.15) is 5.52 Å². The molecule has 2 aromatic rings. The quantitative estimate of drug-likeness (QED) is 0.928. The van der Waals surface area contributed by atoms with Gasteiger partial charge in [-0.1, -0.05) is 0 Å². The molecule has 1 aliphatic carbocycles. The molecular weight excluding hydrogens is 261 g/mol. The lowest BCUT2D eigenvalue weighted by Gasteiger charge is -2.12. The maximum absolute atomic E-state index is 13.8. The standard InChI is InChI=1S/C14H12FN3O2/c15-10-5-9(13(19)20)6-11-12(10)17-8-18(11)7-14(1-2-14)3-4-16/h5-6,8H,1-3,7H2,(H,19,20). The van der Waals surface area contributed by atoms with Crippen molar-refractivity contribution in [1.29, 1.82) is 5.26 Å². The minimum absolute atomic E-state index is 0.0575. The van der Waals surface area contributed by atoms with Crippen molar-refractivity contribution < 1.29 is 14.3 Å². The Morgan fingerprint density at radius 2 is 2.30 bits per heavy atom. The van der Waals surface area contributed by atoms with E-state index in [0.29, 0.717) is 18.5 Å². The number of carbonyl (C=O) groups is 1. The molecular formula is C14H12FN3O2. The Labute approximate surface area is 114 Å². The summed E-state index contributed by atoms with van der Waals surface area (Å²) in [6.07, 6.45) is 3.88. The first-order valence-corrected chi connectivity index (χ1v) is 6.29. The van der Waals surface area contributed by atoms with Crippen molar-refractivity contribution in [3.63, 3.8) is 0 Å². The van der Waals surface area contributed by atoms with Gasteiger partial charge in [-0.3, -0.25) is 0 Å². The van der Waals surface area contributed by atoms with Gasteiger partial charge >= 0.3 is 5.97 Å². The number of carboxylic acids is 1. The predicted molar refractivity (Wildman–Crippen MR) is 68.5 cm³/mol. The highest BCUT2D eigenvalue weighted by Gasteiger charge is 2.42. The summed E-state index contributed by atoms with van der Waals surface area (Å²) in [7, 11) is 0. The summed E-state index contributed by atoms with van der Waals surface area (Å²) in [6.45, 7) is 0.569. The first-order valence-electron chi connectivity index (χ1n) is 6.29. The molecule has 1 saturated carbocycles. The zero-order valence-corrected chi connectivity index (χ0v) is 10.6. The van der Waals surface area contributed by atoms with Crippen LogP contribution in [-0.2, 0) is 6.54 Å². The number of benzene rings is 1. The molecule has 6 heteroatoms. The van der Waals surface area contributed by atoms with E-state index >= 15 is 0 Å². The molecule has 1 aromatic heterocycles. The summed E-state index contributed by atoms with van der Waals surface area (Å²) < 4.78 is 15.6. The van der Waals surface area contributed by atoms with Crippen molar-refractivity contribution >= 4 is 17.0 Å². The number of imidazole rings is 1. The summed E-state index contributed by atoms with van der Waals surface area (Å²) in [5.41, 5.74) is 0.481. The molecule has 1 aromatic carbocycles. The minimum atomic E-state index is -1.17. The second-order valence-electron chi connectivity index (χ2n) is 5.34. The molecule has 1 aliphatic rings. The molecule has 20 heavy (non-hydrogen) atoms.